The second-order valence-electron chi connectivity index (χ2n) is 5.36. The van der Waals surface area contributed by atoms with Crippen molar-refractivity contribution in [3.63, 3.8) is 0 Å². The Hall–Kier alpha value is -1.55. The van der Waals surface area contributed by atoms with Gasteiger partial charge in [0.2, 0.25) is 5.91 Å². The molecule has 0 saturated carbocycles. The lowest BCUT2D eigenvalue weighted by Gasteiger charge is -2.11. The van der Waals surface area contributed by atoms with E-state index in [2.05, 4.69) is 11.4 Å². The van der Waals surface area contributed by atoms with Crippen LogP contribution in [0.25, 0.3) is 0 Å². The fourth-order valence-electron chi connectivity index (χ4n) is 2.40. The minimum Gasteiger partial charge on any atom is -0.493 e. The number of hydrogen-bond acceptors (Lipinski definition) is 3. The summed E-state index contributed by atoms with van der Waals surface area (Å²) in [6, 6.07) is 6.07. The van der Waals surface area contributed by atoms with E-state index in [-0.39, 0.29) is 12.0 Å². The Bertz CT molecular complexity index is 433. The van der Waals surface area contributed by atoms with Gasteiger partial charge in [-0.05, 0) is 49.9 Å². The number of carbonyl (C=O) groups is 1. The van der Waals surface area contributed by atoms with Crippen LogP contribution >= 0.6 is 0 Å². The predicted octanol–water partition coefficient (Wildman–Crippen LogP) is 2.37. The summed E-state index contributed by atoms with van der Waals surface area (Å²) in [6.45, 7) is 5.90. The van der Waals surface area contributed by atoms with Crippen LogP contribution in [0.15, 0.2) is 18.2 Å². The van der Waals surface area contributed by atoms with Crippen LogP contribution in [0.4, 0.5) is 0 Å². The van der Waals surface area contributed by atoms with Crippen LogP contribution in [0.1, 0.15) is 30.4 Å². The molecule has 1 fully saturated rings. The van der Waals surface area contributed by atoms with Gasteiger partial charge in [0.15, 0.2) is 0 Å². The highest BCUT2D eigenvalue weighted by molar-refractivity contribution is 5.76. The van der Waals surface area contributed by atoms with Crippen LogP contribution in [0, 0.1) is 13.8 Å². The molecular formula is C16H23NO3. The lowest BCUT2D eigenvalue weighted by Crippen LogP contribution is -2.32. The van der Waals surface area contributed by atoms with E-state index >= 15 is 0 Å². The van der Waals surface area contributed by atoms with Crippen LogP contribution < -0.4 is 10.1 Å². The van der Waals surface area contributed by atoms with Crippen molar-refractivity contribution in [2.75, 3.05) is 19.8 Å². The van der Waals surface area contributed by atoms with Crippen molar-refractivity contribution in [1.29, 1.82) is 0 Å². The zero-order valence-electron chi connectivity index (χ0n) is 12.3. The van der Waals surface area contributed by atoms with Gasteiger partial charge in [-0.15, -0.1) is 0 Å². The fourth-order valence-corrected chi connectivity index (χ4v) is 2.40. The number of carbonyl (C=O) groups excluding carboxylic acids is 1. The topological polar surface area (TPSA) is 47.6 Å². The van der Waals surface area contributed by atoms with E-state index in [1.165, 1.54) is 11.1 Å². The Balaban J connectivity index is 1.65. The molecule has 1 atom stereocenters. The van der Waals surface area contributed by atoms with Gasteiger partial charge in [0.25, 0.3) is 0 Å². The number of benzene rings is 1. The number of aryl methyl sites for hydroxylation is 2. The first-order chi connectivity index (χ1) is 9.63. The molecule has 1 aromatic rings. The summed E-state index contributed by atoms with van der Waals surface area (Å²) in [5.41, 5.74) is 2.34. The SMILES string of the molecule is Cc1cc(C)cc(OCCC(=O)NC[C@H]2CCCO2)c1. The molecule has 0 unspecified atom stereocenters. The third-order valence-electron chi connectivity index (χ3n) is 3.34. The molecule has 1 N–H and O–H groups in total. The highest BCUT2D eigenvalue weighted by Gasteiger charge is 2.15. The molecule has 1 aliphatic heterocycles. The molecule has 1 aromatic carbocycles. The fraction of sp³-hybridized carbons (Fsp3) is 0.562. The molecule has 0 aliphatic carbocycles. The maximum atomic E-state index is 11.7. The van der Waals surface area contributed by atoms with E-state index in [0.717, 1.165) is 25.2 Å². The van der Waals surface area contributed by atoms with Crippen molar-refractivity contribution >= 4 is 5.91 Å². The summed E-state index contributed by atoms with van der Waals surface area (Å²) in [6.07, 6.45) is 2.70. The van der Waals surface area contributed by atoms with Gasteiger partial charge in [-0.3, -0.25) is 4.79 Å². The van der Waals surface area contributed by atoms with Crippen LogP contribution in [0.3, 0.4) is 0 Å². The van der Waals surface area contributed by atoms with Crippen molar-refractivity contribution in [2.24, 2.45) is 0 Å². The van der Waals surface area contributed by atoms with E-state index in [1.54, 1.807) is 0 Å². The number of nitrogens with one attached hydrogen (secondary N) is 1. The van der Waals surface area contributed by atoms with Crippen LogP contribution in [-0.2, 0) is 9.53 Å². The van der Waals surface area contributed by atoms with E-state index < -0.39 is 0 Å². The summed E-state index contributed by atoms with van der Waals surface area (Å²) in [4.78, 5) is 11.7. The summed E-state index contributed by atoms with van der Waals surface area (Å²) in [5, 5.41) is 2.89. The molecule has 0 spiro atoms. The Kier molecular flexibility index (Phi) is 5.41. The summed E-state index contributed by atoms with van der Waals surface area (Å²) in [7, 11) is 0. The average Bonchev–Trinajstić information content (AvgIpc) is 2.88. The molecule has 2 rings (SSSR count). The molecule has 4 heteroatoms. The second kappa shape index (κ2) is 7.29. The lowest BCUT2D eigenvalue weighted by atomic mass is 10.1. The lowest BCUT2D eigenvalue weighted by molar-refractivity contribution is -0.122. The Morgan fingerprint density at radius 3 is 2.75 bits per heavy atom. The first-order valence-electron chi connectivity index (χ1n) is 7.23. The molecule has 1 amide bonds. The first-order valence-corrected chi connectivity index (χ1v) is 7.23. The van der Waals surface area contributed by atoms with Crippen molar-refractivity contribution in [2.45, 2.75) is 39.2 Å². The molecule has 1 heterocycles. The van der Waals surface area contributed by atoms with Gasteiger partial charge in [-0.1, -0.05) is 6.07 Å². The van der Waals surface area contributed by atoms with E-state index in [4.69, 9.17) is 9.47 Å². The normalized spacial score (nSPS) is 18.0. The van der Waals surface area contributed by atoms with Gasteiger partial charge in [0, 0.05) is 13.2 Å². The maximum Gasteiger partial charge on any atom is 0.223 e. The molecule has 110 valence electrons. The smallest absolute Gasteiger partial charge is 0.223 e. The van der Waals surface area contributed by atoms with Crippen LogP contribution in [0.2, 0.25) is 0 Å². The minimum atomic E-state index is 0.0184. The van der Waals surface area contributed by atoms with E-state index in [1.807, 2.05) is 26.0 Å². The predicted molar refractivity (Wildman–Crippen MR) is 78.0 cm³/mol. The number of ether oxygens (including phenoxy) is 2. The monoisotopic (exact) mass is 277 g/mol. The summed E-state index contributed by atoms with van der Waals surface area (Å²) >= 11 is 0. The minimum absolute atomic E-state index is 0.0184. The first kappa shape index (κ1) is 14.9. The maximum absolute atomic E-state index is 11.7. The molecular weight excluding hydrogens is 254 g/mol. The molecule has 1 saturated heterocycles. The van der Waals surface area contributed by atoms with Gasteiger partial charge in [0.05, 0.1) is 19.1 Å². The third kappa shape index (κ3) is 4.85. The average molecular weight is 277 g/mol. The Morgan fingerprint density at radius 1 is 1.35 bits per heavy atom. The van der Waals surface area contributed by atoms with E-state index in [0.29, 0.717) is 19.6 Å². The number of amides is 1. The van der Waals surface area contributed by atoms with Crippen LogP contribution in [-0.4, -0.2) is 31.8 Å². The largest absolute Gasteiger partial charge is 0.493 e. The van der Waals surface area contributed by atoms with Gasteiger partial charge < -0.3 is 14.8 Å². The zero-order valence-corrected chi connectivity index (χ0v) is 12.3. The second-order valence-corrected chi connectivity index (χ2v) is 5.36. The molecule has 0 aromatic heterocycles. The number of hydrogen-bond donors (Lipinski definition) is 1. The van der Waals surface area contributed by atoms with Gasteiger partial charge in [0.1, 0.15) is 5.75 Å². The molecule has 0 bridgehead atoms. The van der Waals surface area contributed by atoms with Crippen LogP contribution in [0.5, 0.6) is 5.75 Å². The molecule has 1 aliphatic rings. The third-order valence-corrected chi connectivity index (χ3v) is 3.34. The highest BCUT2D eigenvalue weighted by atomic mass is 16.5. The number of rotatable bonds is 6. The summed E-state index contributed by atoms with van der Waals surface area (Å²) in [5.74, 6) is 0.847. The van der Waals surface area contributed by atoms with Gasteiger partial charge in [-0.25, -0.2) is 0 Å². The molecule has 0 radical (unpaired) electrons. The van der Waals surface area contributed by atoms with Crippen molar-refractivity contribution < 1.29 is 14.3 Å². The Morgan fingerprint density at radius 2 is 2.10 bits per heavy atom. The van der Waals surface area contributed by atoms with E-state index in [9.17, 15) is 4.79 Å². The zero-order chi connectivity index (χ0) is 14.4. The molecule has 4 nitrogen and oxygen atoms in total. The standard InChI is InChI=1S/C16H23NO3/c1-12-8-13(2)10-15(9-12)20-7-5-16(18)17-11-14-4-3-6-19-14/h8-10,14H,3-7,11H2,1-2H3,(H,17,18)/t14-/m1/s1. The quantitative estimate of drug-likeness (QED) is 0.868. The highest BCUT2D eigenvalue weighted by Crippen LogP contribution is 2.16. The Labute approximate surface area is 120 Å². The van der Waals surface area contributed by atoms with Gasteiger partial charge >= 0.3 is 0 Å². The summed E-state index contributed by atoms with van der Waals surface area (Å²) < 4.78 is 11.1. The van der Waals surface area contributed by atoms with Crippen molar-refractivity contribution in [3.8, 4) is 5.75 Å². The molecule has 20 heavy (non-hydrogen) atoms. The van der Waals surface area contributed by atoms with Crippen molar-refractivity contribution in [1.82, 2.24) is 5.32 Å². The van der Waals surface area contributed by atoms with Gasteiger partial charge in [-0.2, -0.15) is 0 Å². The van der Waals surface area contributed by atoms with Crippen molar-refractivity contribution in [3.05, 3.63) is 29.3 Å².